The van der Waals surface area contributed by atoms with Gasteiger partial charge in [0.15, 0.2) is 5.69 Å². The van der Waals surface area contributed by atoms with Crippen molar-refractivity contribution >= 4 is 28.5 Å². The third-order valence-electron chi connectivity index (χ3n) is 8.44. The number of rotatable bonds is 3. The van der Waals surface area contributed by atoms with E-state index < -0.39 is 24.5 Å². The summed E-state index contributed by atoms with van der Waals surface area (Å²) in [5.74, 6) is 4.58. The Morgan fingerprint density at radius 1 is 1.09 bits per heavy atom. The van der Waals surface area contributed by atoms with E-state index in [0.29, 0.717) is 23.1 Å². The lowest BCUT2D eigenvalue weighted by Gasteiger charge is -2.24. The third kappa shape index (κ3) is 8.38. The molecule has 2 aromatic heterocycles. The lowest BCUT2D eigenvalue weighted by Crippen LogP contribution is -2.44. The van der Waals surface area contributed by atoms with Crippen molar-refractivity contribution in [3.63, 3.8) is 0 Å². The average Bonchev–Trinajstić information content (AvgIpc) is 3.54. The van der Waals surface area contributed by atoms with E-state index in [9.17, 15) is 27.6 Å². The molecular weight excluding hydrogens is 603 g/mol. The second-order valence-corrected chi connectivity index (χ2v) is 11.9. The first-order valence-corrected chi connectivity index (χ1v) is 15.6. The fourth-order valence-electron chi connectivity index (χ4n) is 6.13. The lowest BCUT2D eigenvalue weighted by molar-refractivity contribution is -0.135. The molecular formula is C32H42F3N7O4. The van der Waals surface area contributed by atoms with Crippen LogP contribution in [0.5, 0.6) is 0 Å². The first-order valence-electron chi connectivity index (χ1n) is 15.6. The zero-order chi connectivity index (χ0) is 33.4. The van der Waals surface area contributed by atoms with Gasteiger partial charge in [-0.25, -0.2) is 18.0 Å². The number of nitrogen functional groups attached to an aromatic ring is 1. The van der Waals surface area contributed by atoms with Crippen LogP contribution in [-0.2, 0) is 16.6 Å². The molecule has 3 fully saturated rings. The highest BCUT2D eigenvalue weighted by Gasteiger charge is 2.31. The van der Waals surface area contributed by atoms with Gasteiger partial charge in [-0.05, 0) is 57.8 Å². The number of alkyl halides is 3. The molecule has 2 aliphatic heterocycles. The fraction of sp³-hybridized carbons (Fsp3) is 0.562. The summed E-state index contributed by atoms with van der Waals surface area (Å²) in [6, 6.07) is 4.77. The molecule has 2 saturated heterocycles. The van der Waals surface area contributed by atoms with Crippen LogP contribution in [0.2, 0.25) is 0 Å². The Bertz CT molecular complexity index is 1620. The highest BCUT2D eigenvalue weighted by Crippen LogP contribution is 2.31. The molecule has 2 unspecified atom stereocenters. The summed E-state index contributed by atoms with van der Waals surface area (Å²) in [5.41, 5.74) is 6.76. The highest BCUT2D eigenvalue weighted by molar-refractivity contribution is 6.00. The highest BCUT2D eigenvalue weighted by atomic mass is 19.3. The van der Waals surface area contributed by atoms with Crippen molar-refractivity contribution in [2.75, 3.05) is 32.5 Å². The predicted molar refractivity (Wildman–Crippen MR) is 168 cm³/mol. The molecule has 0 bridgehead atoms. The number of aryl methyl sites for hydroxylation is 1. The van der Waals surface area contributed by atoms with Gasteiger partial charge in [-0.3, -0.25) is 28.7 Å². The molecule has 0 radical (unpaired) electrons. The van der Waals surface area contributed by atoms with Crippen LogP contribution in [-0.4, -0.2) is 73.7 Å². The topological polar surface area (TPSA) is 140 Å². The second kappa shape index (κ2) is 16.0. The van der Waals surface area contributed by atoms with Crippen LogP contribution in [0.4, 0.5) is 18.9 Å². The number of anilines is 1. The lowest BCUT2D eigenvalue weighted by atomic mass is 9.96. The Morgan fingerprint density at radius 2 is 1.83 bits per heavy atom. The Morgan fingerprint density at radius 3 is 2.41 bits per heavy atom. The zero-order valence-corrected chi connectivity index (χ0v) is 26.2. The number of nitrogens with zero attached hydrogens (tertiary/aromatic N) is 5. The number of carbonyl (C=O) groups is 2. The number of piperidine rings is 2. The number of aromatic nitrogens is 4. The minimum atomic E-state index is -2.57. The molecule has 3 aliphatic rings. The molecule has 1 aromatic carbocycles. The minimum Gasteiger partial charge on any atom is -0.396 e. The van der Waals surface area contributed by atoms with Gasteiger partial charge >= 0.3 is 5.69 Å². The van der Waals surface area contributed by atoms with Crippen molar-refractivity contribution in [3.8, 4) is 11.8 Å². The van der Waals surface area contributed by atoms with E-state index in [0.717, 1.165) is 45.1 Å². The number of fused-ring (bicyclic) bond motifs is 1. The number of carbonyl (C=O) groups excluding carboxylic acids is 2. The van der Waals surface area contributed by atoms with Gasteiger partial charge in [0.05, 0.1) is 28.3 Å². The number of hydrogen-bond donors (Lipinski definition) is 3. The Kier molecular flexibility index (Phi) is 12.1. The molecule has 11 nitrogen and oxygen atoms in total. The molecule has 0 spiro atoms. The van der Waals surface area contributed by atoms with Crippen molar-refractivity contribution in [2.45, 2.75) is 82.5 Å². The maximum atomic E-state index is 12.6. The number of nitrogens with one attached hydrogen (secondary N) is 1. The number of imidazole rings is 1. The fourth-order valence-corrected chi connectivity index (χ4v) is 6.13. The average molecular weight is 646 g/mol. The summed E-state index contributed by atoms with van der Waals surface area (Å²) in [7, 11) is 3.57. The van der Waals surface area contributed by atoms with Crippen LogP contribution >= 0.6 is 0 Å². The summed E-state index contributed by atoms with van der Waals surface area (Å²) in [6.07, 6.45) is 6.24. The van der Waals surface area contributed by atoms with Gasteiger partial charge in [-0.2, -0.15) is 5.10 Å². The molecule has 250 valence electrons. The van der Waals surface area contributed by atoms with Gasteiger partial charge in [-0.1, -0.05) is 37.2 Å². The summed E-state index contributed by atoms with van der Waals surface area (Å²) in [5, 5.41) is 15.0. The molecule has 2 atom stereocenters. The van der Waals surface area contributed by atoms with Crippen molar-refractivity contribution in [1.82, 2.24) is 29.1 Å². The molecule has 6 rings (SSSR count). The van der Waals surface area contributed by atoms with Crippen LogP contribution in [0, 0.1) is 11.8 Å². The van der Waals surface area contributed by atoms with Gasteiger partial charge in [0.25, 0.3) is 6.43 Å². The van der Waals surface area contributed by atoms with Crippen LogP contribution in [0.3, 0.4) is 0 Å². The van der Waals surface area contributed by atoms with Gasteiger partial charge in [0.1, 0.15) is 18.8 Å². The Hall–Kier alpha value is -4.09. The minimum absolute atomic E-state index is 0.107. The van der Waals surface area contributed by atoms with Crippen LogP contribution in [0.25, 0.3) is 11.0 Å². The summed E-state index contributed by atoms with van der Waals surface area (Å²) in [4.78, 5) is 38.1. The second-order valence-electron chi connectivity index (χ2n) is 11.9. The van der Waals surface area contributed by atoms with Crippen LogP contribution in [0.1, 0.15) is 87.6 Å². The zero-order valence-electron chi connectivity index (χ0n) is 26.2. The van der Waals surface area contributed by atoms with Gasteiger partial charge in [0.2, 0.25) is 11.8 Å². The molecule has 46 heavy (non-hydrogen) atoms. The van der Waals surface area contributed by atoms with Crippen LogP contribution in [0.15, 0.2) is 29.2 Å². The smallest absolute Gasteiger partial charge is 0.329 e. The number of aliphatic hydroxyl groups is 1. The number of amides is 2. The first-order chi connectivity index (χ1) is 22.0. The quantitative estimate of drug-likeness (QED) is 0.292. The molecule has 4 heterocycles. The third-order valence-corrected chi connectivity index (χ3v) is 8.44. The number of halogens is 3. The van der Waals surface area contributed by atoms with E-state index in [-0.39, 0.29) is 48.5 Å². The number of nitrogens with two attached hydrogens (primary N) is 1. The Labute approximate surface area is 265 Å². The van der Waals surface area contributed by atoms with Crippen molar-refractivity contribution in [2.24, 2.45) is 7.05 Å². The van der Waals surface area contributed by atoms with E-state index >= 15 is 0 Å². The standard InChI is InChI=1S/C16H15N3O4.C10H15F2N3.C6H12FN/c1-18-14-10(5-3-9-20)4-2-6-11(14)19(16(18)23)12-7-8-13(21)17-15(12)22;11-10(12)9-8(13)6-15(14-9)7-4-2-1-3-5-7;1-8-4-2-3-6(7)5-8/h2,4,6,12,20H,7-9H2,1H3,(H,17,21,22);6-7,10H,1-5,13H2;6H,2-5H2,1H3. The number of para-hydroxylation sites is 1. The van der Waals surface area contributed by atoms with E-state index in [1.54, 1.807) is 29.9 Å². The monoisotopic (exact) mass is 645 g/mol. The normalized spacial score (nSPS) is 20.7. The van der Waals surface area contributed by atoms with E-state index in [1.807, 2.05) is 11.9 Å². The number of likely N-dealkylation sites (tertiary alicyclic amines) is 1. The maximum Gasteiger partial charge on any atom is 0.329 e. The summed E-state index contributed by atoms with van der Waals surface area (Å²) < 4.78 is 41.8. The SMILES string of the molecule is CN1CCCC(F)C1.Cn1c(=O)n(C2CCC(=O)NC2=O)c2cccc(C#CCO)c21.Nc1cn(C2CCCCC2)nc1C(F)F. The number of hydrogen-bond acceptors (Lipinski definition) is 7. The number of benzene rings is 1. The molecule has 1 aliphatic carbocycles. The van der Waals surface area contributed by atoms with E-state index in [4.69, 9.17) is 10.8 Å². The summed E-state index contributed by atoms with van der Waals surface area (Å²) >= 11 is 0. The van der Waals surface area contributed by atoms with Gasteiger partial charge in [-0.15, -0.1) is 0 Å². The van der Waals surface area contributed by atoms with Crippen molar-refractivity contribution < 1.29 is 27.9 Å². The molecule has 2 amide bonds. The van der Waals surface area contributed by atoms with Crippen LogP contribution < -0.4 is 16.7 Å². The van der Waals surface area contributed by atoms with E-state index in [2.05, 4.69) is 22.3 Å². The summed E-state index contributed by atoms with van der Waals surface area (Å²) in [6.45, 7) is 1.43. The molecule has 4 N–H and O–H groups in total. The van der Waals surface area contributed by atoms with Crippen molar-refractivity contribution in [1.29, 1.82) is 0 Å². The predicted octanol–water partition coefficient (Wildman–Crippen LogP) is 3.62. The largest absolute Gasteiger partial charge is 0.396 e. The van der Waals surface area contributed by atoms with Gasteiger partial charge < -0.3 is 15.7 Å². The molecule has 3 aromatic rings. The molecule has 14 heteroatoms. The van der Waals surface area contributed by atoms with Crippen molar-refractivity contribution in [3.05, 3.63) is 46.1 Å². The van der Waals surface area contributed by atoms with Gasteiger partial charge in [0, 0.05) is 26.2 Å². The number of aliphatic hydroxyl groups excluding tert-OH is 1. The number of imide groups is 1. The maximum absolute atomic E-state index is 12.6. The first kappa shape index (κ1) is 34.8. The Balaban J connectivity index is 0.000000178. The van der Waals surface area contributed by atoms with E-state index in [1.165, 1.54) is 21.8 Å². The molecule has 1 saturated carbocycles.